The van der Waals surface area contributed by atoms with Crippen LogP contribution in [0.5, 0.6) is 0 Å². The minimum Gasteiger partial charge on any atom is -0.349 e. The highest BCUT2D eigenvalue weighted by atomic mass is 19.1. The van der Waals surface area contributed by atoms with Crippen molar-refractivity contribution in [1.82, 2.24) is 19.7 Å². The zero-order valence-corrected chi connectivity index (χ0v) is 13.7. The first-order chi connectivity index (χ1) is 11.5. The fourth-order valence-electron chi connectivity index (χ4n) is 4.35. The summed E-state index contributed by atoms with van der Waals surface area (Å²) in [6.45, 7) is 0. The van der Waals surface area contributed by atoms with Gasteiger partial charge in [0, 0.05) is 29.4 Å². The Morgan fingerprint density at radius 3 is 2.75 bits per heavy atom. The lowest BCUT2D eigenvalue weighted by molar-refractivity contribution is -0.0323. The van der Waals surface area contributed by atoms with E-state index in [4.69, 9.17) is 5.73 Å². The first-order valence-electron chi connectivity index (χ1n) is 8.56. The molecule has 4 aliphatic carbocycles. The molecule has 0 unspecified atom stereocenters. The predicted octanol–water partition coefficient (Wildman–Crippen LogP) is 2.01. The molecule has 6 rings (SSSR count). The second-order valence-corrected chi connectivity index (χ2v) is 7.96. The predicted molar refractivity (Wildman–Crippen MR) is 87.7 cm³/mol. The van der Waals surface area contributed by atoms with Gasteiger partial charge in [-0.1, -0.05) is 0 Å². The fraction of sp³-hybridized carbons (Fsp3) is 0.588. The highest BCUT2D eigenvalue weighted by molar-refractivity contribution is 5.63. The van der Waals surface area contributed by atoms with Crippen LogP contribution < -0.4 is 11.1 Å². The van der Waals surface area contributed by atoms with Gasteiger partial charge in [-0.25, -0.2) is 14.4 Å². The molecule has 0 amide bonds. The number of hydrogen-bond acceptors (Lipinski definition) is 5. The summed E-state index contributed by atoms with van der Waals surface area (Å²) >= 11 is 0. The molecule has 2 aromatic rings. The van der Waals surface area contributed by atoms with E-state index in [1.807, 2.05) is 11.7 Å². The average molecular weight is 328 g/mol. The minimum atomic E-state index is -0.404. The Morgan fingerprint density at radius 2 is 2.08 bits per heavy atom. The van der Waals surface area contributed by atoms with Gasteiger partial charge in [-0.05, 0) is 44.4 Å². The zero-order valence-electron chi connectivity index (χ0n) is 13.7. The number of hydrogen-bond donors (Lipinski definition) is 2. The van der Waals surface area contributed by atoms with Crippen LogP contribution in [0.25, 0.3) is 11.3 Å². The second kappa shape index (κ2) is 4.53. The molecule has 126 valence electrons. The van der Waals surface area contributed by atoms with Gasteiger partial charge in [-0.2, -0.15) is 5.10 Å². The Bertz CT molecular complexity index is 805. The highest BCUT2D eigenvalue weighted by Crippen LogP contribution is 2.59. The summed E-state index contributed by atoms with van der Waals surface area (Å²) in [6, 6.07) is 0. The van der Waals surface area contributed by atoms with Crippen molar-refractivity contribution >= 4 is 5.95 Å². The van der Waals surface area contributed by atoms with Gasteiger partial charge >= 0.3 is 0 Å². The SMILES string of the molecule is Cn1ncc(-c2nc(NC34CC(N)(C3)C4)ncc2F)c1CC1CC1. The number of nitrogens with zero attached hydrogens (tertiary/aromatic N) is 4. The van der Waals surface area contributed by atoms with E-state index in [0.717, 1.165) is 36.9 Å². The summed E-state index contributed by atoms with van der Waals surface area (Å²) in [6.07, 6.45) is 9.20. The largest absolute Gasteiger partial charge is 0.349 e. The monoisotopic (exact) mass is 328 g/mol. The molecule has 4 saturated carbocycles. The summed E-state index contributed by atoms with van der Waals surface area (Å²) in [5.74, 6) is 0.774. The summed E-state index contributed by atoms with van der Waals surface area (Å²) < 4.78 is 16.2. The third-order valence-corrected chi connectivity index (χ3v) is 5.69. The van der Waals surface area contributed by atoms with E-state index < -0.39 is 5.82 Å². The van der Waals surface area contributed by atoms with Crippen LogP contribution >= 0.6 is 0 Å². The molecule has 0 spiro atoms. The Kier molecular flexibility index (Phi) is 2.71. The van der Waals surface area contributed by atoms with Crippen LogP contribution in [0.15, 0.2) is 12.4 Å². The van der Waals surface area contributed by atoms with Crippen molar-refractivity contribution in [2.45, 2.75) is 49.6 Å². The van der Waals surface area contributed by atoms with Gasteiger partial charge in [0.2, 0.25) is 5.95 Å². The number of aryl methyl sites for hydroxylation is 1. The van der Waals surface area contributed by atoms with Crippen molar-refractivity contribution < 1.29 is 4.39 Å². The molecule has 7 heteroatoms. The standard InChI is InChI=1S/C17H21FN6/c1-24-13(4-10-2-3-10)11(5-21-24)14-12(18)6-20-15(22-14)23-17-7-16(19,8-17)9-17/h5-6,10H,2-4,7-9,19H2,1H3,(H,20,22,23). The number of rotatable bonds is 5. The van der Waals surface area contributed by atoms with Crippen LogP contribution in [0.1, 0.15) is 37.8 Å². The lowest BCUT2D eigenvalue weighted by Crippen LogP contribution is -2.79. The second-order valence-electron chi connectivity index (χ2n) is 7.96. The van der Waals surface area contributed by atoms with Crippen LogP contribution in [0.2, 0.25) is 0 Å². The van der Waals surface area contributed by atoms with Crippen LogP contribution in [0, 0.1) is 11.7 Å². The summed E-state index contributed by atoms with van der Waals surface area (Å²) in [5, 5.41) is 7.68. The van der Waals surface area contributed by atoms with Gasteiger partial charge in [0.05, 0.1) is 12.4 Å². The van der Waals surface area contributed by atoms with Gasteiger partial charge in [0.25, 0.3) is 0 Å². The molecule has 6 nitrogen and oxygen atoms in total. The van der Waals surface area contributed by atoms with Crippen molar-refractivity contribution in [3.05, 3.63) is 23.9 Å². The summed E-state index contributed by atoms with van der Waals surface area (Å²) in [7, 11) is 1.90. The number of anilines is 1. The Hall–Kier alpha value is -2.02. The Balaban J connectivity index is 1.46. The highest BCUT2D eigenvalue weighted by Gasteiger charge is 2.66. The normalized spacial score (nSPS) is 30.6. The molecule has 2 bridgehead atoms. The minimum absolute atomic E-state index is 0.0106. The van der Waals surface area contributed by atoms with Crippen molar-refractivity contribution in [3.63, 3.8) is 0 Å². The van der Waals surface area contributed by atoms with Gasteiger partial charge in [-0.15, -0.1) is 0 Å². The van der Waals surface area contributed by atoms with Crippen molar-refractivity contribution in [3.8, 4) is 11.3 Å². The van der Waals surface area contributed by atoms with Crippen LogP contribution in [0.4, 0.5) is 10.3 Å². The van der Waals surface area contributed by atoms with E-state index in [2.05, 4.69) is 20.4 Å². The number of aromatic nitrogens is 4. The van der Waals surface area contributed by atoms with E-state index in [1.54, 1.807) is 6.20 Å². The van der Waals surface area contributed by atoms with Crippen LogP contribution in [0.3, 0.4) is 0 Å². The van der Waals surface area contributed by atoms with E-state index in [1.165, 1.54) is 19.0 Å². The molecule has 3 N–H and O–H groups in total. The molecule has 2 heterocycles. The Morgan fingerprint density at radius 1 is 1.33 bits per heavy atom. The third-order valence-electron chi connectivity index (χ3n) is 5.69. The quantitative estimate of drug-likeness (QED) is 0.877. The van der Waals surface area contributed by atoms with E-state index in [9.17, 15) is 4.39 Å². The van der Waals surface area contributed by atoms with Crippen LogP contribution in [-0.2, 0) is 13.5 Å². The molecule has 0 aliphatic heterocycles. The van der Waals surface area contributed by atoms with Gasteiger partial charge in [0.15, 0.2) is 5.82 Å². The van der Waals surface area contributed by atoms with E-state index >= 15 is 0 Å². The zero-order chi connectivity index (χ0) is 16.5. The number of nitrogens with one attached hydrogen (secondary N) is 1. The third kappa shape index (κ3) is 2.14. The van der Waals surface area contributed by atoms with Crippen molar-refractivity contribution in [1.29, 1.82) is 0 Å². The smallest absolute Gasteiger partial charge is 0.223 e. The summed E-state index contributed by atoms with van der Waals surface area (Å²) in [5.41, 5.74) is 8.29. The first-order valence-corrected chi connectivity index (χ1v) is 8.56. The molecule has 4 aliphatic rings. The topological polar surface area (TPSA) is 81.7 Å². The molecule has 0 saturated heterocycles. The molecule has 0 aromatic carbocycles. The van der Waals surface area contributed by atoms with Crippen molar-refractivity contribution in [2.24, 2.45) is 18.7 Å². The Labute approximate surface area is 139 Å². The maximum Gasteiger partial charge on any atom is 0.223 e. The van der Waals surface area contributed by atoms with Gasteiger partial charge in [0.1, 0.15) is 5.69 Å². The van der Waals surface area contributed by atoms with Gasteiger partial charge < -0.3 is 11.1 Å². The van der Waals surface area contributed by atoms with Gasteiger partial charge in [-0.3, -0.25) is 4.68 Å². The average Bonchev–Trinajstić information content (AvgIpc) is 3.23. The maximum absolute atomic E-state index is 14.4. The molecular formula is C17H21FN6. The molecule has 24 heavy (non-hydrogen) atoms. The molecule has 4 fully saturated rings. The molecular weight excluding hydrogens is 307 g/mol. The molecule has 0 radical (unpaired) electrons. The molecule has 0 atom stereocenters. The lowest BCUT2D eigenvalue weighted by atomic mass is 9.45. The number of halogens is 1. The lowest BCUT2D eigenvalue weighted by Gasteiger charge is -2.68. The first kappa shape index (κ1) is 14.3. The maximum atomic E-state index is 14.4. The van der Waals surface area contributed by atoms with Crippen molar-refractivity contribution in [2.75, 3.05) is 5.32 Å². The molecule has 2 aromatic heterocycles. The van der Waals surface area contributed by atoms with E-state index in [0.29, 0.717) is 17.6 Å². The summed E-state index contributed by atoms with van der Waals surface area (Å²) in [4.78, 5) is 8.59. The van der Waals surface area contributed by atoms with E-state index in [-0.39, 0.29) is 11.1 Å². The van der Waals surface area contributed by atoms with Crippen LogP contribution in [-0.4, -0.2) is 30.8 Å². The number of nitrogens with two attached hydrogens (primary N) is 1. The fourth-order valence-corrected chi connectivity index (χ4v) is 4.35.